The first kappa shape index (κ1) is 17.1. The van der Waals surface area contributed by atoms with Gasteiger partial charge in [-0.2, -0.15) is 8.78 Å². The van der Waals surface area contributed by atoms with Crippen molar-refractivity contribution >= 4 is 28.7 Å². The second-order valence-corrected chi connectivity index (χ2v) is 7.12. The lowest BCUT2D eigenvalue weighted by Crippen LogP contribution is -2.33. The van der Waals surface area contributed by atoms with Gasteiger partial charge in [0, 0.05) is 12.0 Å². The van der Waals surface area contributed by atoms with Gasteiger partial charge < -0.3 is 14.3 Å². The Morgan fingerprint density at radius 1 is 1.38 bits per heavy atom. The van der Waals surface area contributed by atoms with Gasteiger partial charge in [-0.15, -0.1) is 0 Å². The minimum Gasteiger partial charge on any atom is -0.469 e. The molecule has 4 rings (SSSR count). The van der Waals surface area contributed by atoms with Gasteiger partial charge in [0.05, 0.1) is 23.3 Å². The molecule has 136 valence electrons. The van der Waals surface area contributed by atoms with Gasteiger partial charge >= 0.3 is 0 Å². The number of hydrogen-bond acceptors (Lipinski definition) is 4. The molecule has 0 fully saturated rings. The molecule has 0 saturated heterocycles. The van der Waals surface area contributed by atoms with Gasteiger partial charge in [-0.25, -0.2) is 4.98 Å². The summed E-state index contributed by atoms with van der Waals surface area (Å²) in [6, 6.07) is 8.89. The first-order valence-electron chi connectivity index (χ1n) is 8.37. The molecule has 0 saturated carbocycles. The second kappa shape index (κ2) is 7.11. The van der Waals surface area contributed by atoms with Crippen LogP contribution in [-0.2, 0) is 17.8 Å². The van der Waals surface area contributed by atoms with Crippen LogP contribution in [0.15, 0.2) is 46.2 Å². The molecule has 5 nitrogen and oxygen atoms in total. The number of aryl methyl sites for hydroxylation is 1. The summed E-state index contributed by atoms with van der Waals surface area (Å²) >= 11 is 0.352. The van der Waals surface area contributed by atoms with Crippen LogP contribution in [0.4, 0.5) is 8.78 Å². The number of halogens is 2. The van der Waals surface area contributed by atoms with E-state index in [1.165, 1.54) is 0 Å². The fourth-order valence-corrected chi connectivity index (χ4v) is 4.00. The highest BCUT2D eigenvalue weighted by atomic mass is 32.2. The number of amides is 1. The molecule has 1 amide bonds. The van der Waals surface area contributed by atoms with E-state index in [2.05, 4.69) is 10.3 Å². The van der Waals surface area contributed by atoms with Crippen molar-refractivity contribution in [3.05, 3.63) is 47.9 Å². The number of nitrogens with zero attached hydrogens (tertiary/aromatic N) is 2. The van der Waals surface area contributed by atoms with Crippen LogP contribution >= 0.6 is 11.8 Å². The van der Waals surface area contributed by atoms with Gasteiger partial charge in [-0.3, -0.25) is 4.79 Å². The highest BCUT2D eigenvalue weighted by molar-refractivity contribution is 7.99. The molecule has 26 heavy (non-hydrogen) atoms. The molecular weight excluding hydrogens is 360 g/mol. The van der Waals surface area contributed by atoms with Gasteiger partial charge in [0.25, 0.3) is 5.76 Å². The molecule has 3 aromatic rings. The Kier molecular flexibility index (Phi) is 4.67. The highest BCUT2D eigenvalue weighted by Crippen LogP contribution is 2.31. The summed E-state index contributed by atoms with van der Waals surface area (Å²) in [4.78, 5) is 16.8. The Morgan fingerprint density at radius 3 is 3.08 bits per heavy atom. The van der Waals surface area contributed by atoms with E-state index in [0.29, 0.717) is 22.8 Å². The molecule has 2 aromatic heterocycles. The van der Waals surface area contributed by atoms with Crippen LogP contribution in [0.5, 0.6) is 0 Å². The fourth-order valence-electron chi connectivity index (χ4n) is 3.40. The number of furan rings is 1. The standard InChI is InChI=1S/C18H17F2N3O2S/c19-17(20)26-18-22-13-4-1-2-6-14(13)23(18)10-16(24)21-12-5-3-7-15-11(12)8-9-25-15/h1-2,4,6,8-9,12,17H,3,5,7,10H2,(H,21,24). The number of aromatic nitrogens is 2. The van der Waals surface area contributed by atoms with E-state index in [4.69, 9.17) is 4.42 Å². The molecule has 1 atom stereocenters. The number of rotatable bonds is 5. The Labute approximate surface area is 152 Å². The highest BCUT2D eigenvalue weighted by Gasteiger charge is 2.25. The topological polar surface area (TPSA) is 60.1 Å². The number of fused-ring (bicyclic) bond motifs is 2. The summed E-state index contributed by atoms with van der Waals surface area (Å²) in [6.45, 7) is -0.0563. The van der Waals surface area contributed by atoms with E-state index in [9.17, 15) is 13.6 Å². The lowest BCUT2D eigenvalue weighted by molar-refractivity contribution is -0.122. The predicted octanol–water partition coefficient (Wildman–Crippen LogP) is 4.14. The summed E-state index contributed by atoms with van der Waals surface area (Å²) in [6.07, 6.45) is 4.28. The van der Waals surface area contributed by atoms with E-state index >= 15 is 0 Å². The molecule has 1 N–H and O–H groups in total. The van der Waals surface area contributed by atoms with E-state index in [-0.39, 0.29) is 23.7 Å². The van der Waals surface area contributed by atoms with Crippen LogP contribution in [0, 0.1) is 0 Å². The third kappa shape index (κ3) is 3.33. The van der Waals surface area contributed by atoms with Crippen molar-refractivity contribution in [1.82, 2.24) is 14.9 Å². The fraction of sp³-hybridized carbons (Fsp3) is 0.333. The number of carbonyl (C=O) groups is 1. The van der Waals surface area contributed by atoms with Gasteiger partial charge in [-0.1, -0.05) is 12.1 Å². The number of carbonyl (C=O) groups excluding carboxylic acids is 1. The van der Waals surface area contributed by atoms with E-state index < -0.39 is 5.76 Å². The quantitative estimate of drug-likeness (QED) is 0.679. The molecule has 0 aliphatic heterocycles. The molecule has 1 unspecified atom stereocenters. The van der Waals surface area contributed by atoms with Crippen LogP contribution < -0.4 is 5.32 Å². The minimum absolute atomic E-state index is 0.0563. The van der Waals surface area contributed by atoms with E-state index in [1.54, 1.807) is 35.1 Å². The second-order valence-electron chi connectivity index (χ2n) is 6.16. The Balaban J connectivity index is 1.56. The molecule has 0 spiro atoms. The molecule has 0 radical (unpaired) electrons. The van der Waals surface area contributed by atoms with Crippen molar-refractivity contribution in [1.29, 1.82) is 0 Å². The summed E-state index contributed by atoms with van der Waals surface area (Å²) in [7, 11) is 0. The number of thioether (sulfide) groups is 1. The maximum Gasteiger partial charge on any atom is 0.291 e. The predicted molar refractivity (Wildman–Crippen MR) is 94.1 cm³/mol. The molecule has 8 heteroatoms. The van der Waals surface area contributed by atoms with Crippen LogP contribution in [-0.4, -0.2) is 21.2 Å². The van der Waals surface area contributed by atoms with Crippen LogP contribution in [0.2, 0.25) is 0 Å². The minimum atomic E-state index is -2.60. The Morgan fingerprint density at radius 2 is 2.23 bits per heavy atom. The maximum atomic E-state index is 12.9. The molecule has 1 aliphatic carbocycles. The number of para-hydroxylation sites is 2. The van der Waals surface area contributed by atoms with Crippen molar-refractivity contribution < 1.29 is 18.0 Å². The first-order valence-corrected chi connectivity index (χ1v) is 9.25. The summed E-state index contributed by atoms with van der Waals surface area (Å²) in [5.41, 5.74) is 2.26. The third-order valence-corrected chi connectivity index (χ3v) is 5.20. The first-order chi connectivity index (χ1) is 12.6. The van der Waals surface area contributed by atoms with Gasteiger partial charge in [0.1, 0.15) is 12.3 Å². The normalized spacial score (nSPS) is 16.8. The SMILES string of the molecule is O=C(Cn1c(SC(F)F)nc2ccccc21)NC1CCCc2occc21. The van der Waals surface area contributed by atoms with Crippen molar-refractivity contribution in [2.75, 3.05) is 0 Å². The zero-order valence-corrected chi connectivity index (χ0v) is 14.6. The monoisotopic (exact) mass is 377 g/mol. The number of nitrogens with one attached hydrogen (secondary N) is 1. The van der Waals surface area contributed by atoms with Crippen molar-refractivity contribution in [3.8, 4) is 0 Å². The molecule has 2 heterocycles. The number of benzene rings is 1. The number of alkyl halides is 2. The number of hydrogen-bond donors (Lipinski definition) is 1. The largest absolute Gasteiger partial charge is 0.469 e. The van der Waals surface area contributed by atoms with Gasteiger partial charge in [-0.05, 0) is 42.8 Å². The average Bonchev–Trinajstić information content (AvgIpc) is 3.20. The van der Waals surface area contributed by atoms with E-state index in [0.717, 1.165) is 30.6 Å². The third-order valence-electron chi connectivity index (χ3n) is 4.50. The molecule has 1 aromatic carbocycles. The van der Waals surface area contributed by atoms with Crippen LogP contribution in [0.1, 0.15) is 30.2 Å². The smallest absolute Gasteiger partial charge is 0.291 e. The van der Waals surface area contributed by atoms with Crippen molar-refractivity contribution in [3.63, 3.8) is 0 Å². The lowest BCUT2D eigenvalue weighted by atomic mass is 9.93. The summed E-state index contributed by atoms with van der Waals surface area (Å²) in [5.74, 6) is -1.92. The summed E-state index contributed by atoms with van der Waals surface area (Å²) < 4.78 is 32.7. The Bertz CT molecular complexity index is 938. The zero-order valence-electron chi connectivity index (χ0n) is 13.8. The Hall–Kier alpha value is -2.35. The van der Waals surface area contributed by atoms with Gasteiger partial charge in [0.2, 0.25) is 5.91 Å². The van der Waals surface area contributed by atoms with E-state index in [1.807, 2.05) is 6.07 Å². The van der Waals surface area contributed by atoms with Gasteiger partial charge in [0.15, 0.2) is 5.16 Å². The lowest BCUT2D eigenvalue weighted by Gasteiger charge is -2.23. The maximum absolute atomic E-state index is 12.9. The van der Waals surface area contributed by atoms with Crippen molar-refractivity contribution in [2.45, 2.75) is 42.8 Å². The van der Waals surface area contributed by atoms with Crippen LogP contribution in [0.25, 0.3) is 11.0 Å². The van der Waals surface area contributed by atoms with Crippen molar-refractivity contribution in [2.24, 2.45) is 0 Å². The molecular formula is C18H17F2N3O2S. The zero-order chi connectivity index (χ0) is 18.1. The average molecular weight is 377 g/mol. The molecule has 0 bridgehead atoms. The number of imidazole rings is 1. The summed E-state index contributed by atoms with van der Waals surface area (Å²) in [5, 5.41) is 3.14. The van der Waals surface area contributed by atoms with Crippen LogP contribution in [0.3, 0.4) is 0 Å². The molecule has 1 aliphatic rings.